The molecule has 2 amide bonds. The number of benzene rings is 2. The molecule has 0 atom stereocenters. The normalized spacial score (nSPS) is 9.92. The van der Waals surface area contributed by atoms with Gasteiger partial charge in [0.05, 0.1) is 12.7 Å². The highest BCUT2D eigenvalue weighted by Crippen LogP contribution is 2.15. The first-order valence-corrected chi connectivity index (χ1v) is 7.43. The van der Waals surface area contributed by atoms with Crippen molar-refractivity contribution < 1.29 is 19.1 Å². The third-order valence-corrected chi connectivity index (χ3v) is 3.29. The number of carbonyl (C=O) groups excluding carboxylic acids is 3. The zero-order valence-electron chi connectivity index (χ0n) is 13.5. The van der Waals surface area contributed by atoms with Gasteiger partial charge >= 0.3 is 5.97 Å². The third kappa shape index (κ3) is 4.42. The Balaban J connectivity index is 2.08. The van der Waals surface area contributed by atoms with Crippen LogP contribution in [0.5, 0.6) is 0 Å². The van der Waals surface area contributed by atoms with E-state index in [0.717, 1.165) is 0 Å². The summed E-state index contributed by atoms with van der Waals surface area (Å²) in [5, 5.41) is 5.44. The van der Waals surface area contributed by atoms with Crippen LogP contribution in [0.1, 0.15) is 34.1 Å². The molecule has 0 spiro atoms. The molecule has 2 rings (SSSR count). The molecular formula is C18H18N2O4. The van der Waals surface area contributed by atoms with Gasteiger partial charge in [-0.2, -0.15) is 0 Å². The average Bonchev–Trinajstić information content (AvgIpc) is 2.61. The fraction of sp³-hybridized carbons (Fsp3) is 0.167. The maximum absolute atomic E-state index is 12.3. The fourth-order valence-electron chi connectivity index (χ4n) is 2.00. The largest absolute Gasteiger partial charge is 0.465 e. The van der Waals surface area contributed by atoms with Crippen LogP contribution in [0.25, 0.3) is 0 Å². The minimum atomic E-state index is -0.438. The third-order valence-electron chi connectivity index (χ3n) is 3.29. The summed E-state index contributed by atoms with van der Waals surface area (Å²) in [6.07, 6.45) is 0.364. The van der Waals surface area contributed by atoms with Crippen LogP contribution in [-0.4, -0.2) is 24.9 Å². The Morgan fingerprint density at radius 3 is 2.25 bits per heavy atom. The minimum Gasteiger partial charge on any atom is -0.465 e. The maximum atomic E-state index is 12.3. The first kappa shape index (κ1) is 17.2. The second-order valence-electron chi connectivity index (χ2n) is 5.01. The molecule has 0 aliphatic carbocycles. The molecule has 6 nitrogen and oxygen atoms in total. The van der Waals surface area contributed by atoms with Crippen molar-refractivity contribution >= 4 is 29.2 Å². The first-order chi connectivity index (χ1) is 11.5. The van der Waals surface area contributed by atoms with Gasteiger partial charge in [0, 0.05) is 23.4 Å². The summed E-state index contributed by atoms with van der Waals surface area (Å²) in [5.74, 6) is -0.869. The van der Waals surface area contributed by atoms with E-state index in [-0.39, 0.29) is 11.8 Å². The molecule has 2 aromatic rings. The molecule has 0 saturated carbocycles. The summed E-state index contributed by atoms with van der Waals surface area (Å²) in [6.45, 7) is 1.75. The summed E-state index contributed by atoms with van der Waals surface area (Å²) < 4.78 is 4.62. The summed E-state index contributed by atoms with van der Waals surface area (Å²) in [5.41, 5.74) is 1.94. The molecule has 6 heteroatoms. The number of ether oxygens (including phenoxy) is 1. The van der Waals surface area contributed by atoms with Crippen molar-refractivity contribution in [2.45, 2.75) is 13.3 Å². The van der Waals surface area contributed by atoms with Gasteiger partial charge in [0.2, 0.25) is 5.91 Å². The van der Waals surface area contributed by atoms with Crippen LogP contribution >= 0.6 is 0 Å². The van der Waals surface area contributed by atoms with Gasteiger partial charge < -0.3 is 15.4 Å². The molecule has 2 N–H and O–H groups in total. The lowest BCUT2D eigenvalue weighted by Gasteiger charge is -2.08. The number of anilines is 2. The molecule has 0 aliphatic heterocycles. The van der Waals surface area contributed by atoms with Crippen molar-refractivity contribution in [3.05, 3.63) is 59.7 Å². The number of rotatable bonds is 5. The number of amides is 2. The number of hydrogen-bond donors (Lipinski definition) is 2. The molecule has 0 aromatic heterocycles. The highest BCUT2D eigenvalue weighted by atomic mass is 16.5. The number of carbonyl (C=O) groups is 3. The monoisotopic (exact) mass is 326 g/mol. The van der Waals surface area contributed by atoms with Crippen LogP contribution in [0.15, 0.2) is 48.5 Å². The van der Waals surface area contributed by atoms with E-state index < -0.39 is 5.97 Å². The molecule has 0 bridgehead atoms. The minimum absolute atomic E-state index is 0.119. The van der Waals surface area contributed by atoms with E-state index in [1.54, 1.807) is 55.5 Å². The Hall–Kier alpha value is -3.15. The highest BCUT2D eigenvalue weighted by Gasteiger charge is 2.09. The predicted octanol–water partition coefficient (Wildman–Crippen LogP) is 3.07. The summed E-state index contributed by atoms with van der Waals surface area (Å²) in [4.78, 5) is 35.1. The second kappa shape index (κ2) is 7.92. The SMILES string of the molecule is CCC(=O)Nc1cccc(C(=O)Nc2ccc(C(=O)OC)cc2)c1. The van der Waals surface area contributed by atoms with Crippen LogP contribution in [0.4, 0.5) is 11.4 Å². The van der Waals surface area contributed by atoms with Crippen molar-refractivity contribution in [1.29, 1.82) is 0 Å². The summed E-state index contributed by atoms with van der Waals surface area (Å²) in [7, 11) is 1.31. The predicted molar refractivity (Wildman–Crippen MR) is 91.1 cm³/mol. The van der Waals surface area contributed by atoms with Gasteiger partial charge in [-0.3, -0.25) is 9.59 Å². The van der Waals surface area contributed by atoms with Gasteiger partial charge in [0.25, 0.3) is 5.91 Å². The van der Waals surface area contributed by atoms with E-state index >= 15 is 0 Å². The molecule has 0 heterocycles. The van der Waals surface area contributed by atoms with Crippen molar-refractivity contribution in [1.82, 2.24) is 0 Å². The molecule has 0 unspecified atom stereocenters. The van der Waals surface area contributed by atoms with Crippen molar-refractivity contribution in [3.63, 3.8) is 0 Å². The van der Waals surface area contributed by atoms with Crippen LogP contribution in [0, 0.1) is 0 Å². The van der Waals surface area contributed by atoms with Crippen molar-refractivity contribution in [2.75, 3.05) is 17.7 Å². The quantitative estimate of drug-likeness (QED) is 0.827. The number of nitrogens with one attached hydrogen (secondary N) is 2. The zero-order valence-corrected chi connectivity index (χ0v) is 13.5. The van der Waals surface area contributed by atoms with Crippen molar-refractivity contribution in [3.8, 4) is 0 Å². The lowest BCUT2D eigenvalue weighted by Crippen LogP contribution is -2.14. The molecule has 24 heavy (non-hydrogen) atoms. The van der Waals surface area contributed by atoms with Crippen molar-refractivity contribution in [2.24, 2.45) is 0 Å². The topological polar surface area (TPSA) is 84.5 Å². The van der Waals surface area contributed by atoms with Gasteiger partial charge in [-0.05, 0) is 42.5 Å². The molecule has 0 fully saturated rings. The van der Waals surface area contributed by atoms with E-state index in [2.05, 4.69) is 15.4 Å². The number of esters is 1. The number of methoxy groups -OCH3 is 1. The lowest BCUT2D eigenvalue weighted by molar-refractivity contribution is -0.115. The van der Waals surface area contributed by atoms with Crippen LogP contribution in [-0.2, 0) is 9.53 Å². The van der Waals surface area contributed by atoms with Gasteiger partial charge in [0.15, 0.2) is 0 Å². The fourth-order valence-corrected chi connectivity index (χ4v) is 2.00. The Kier molecular flexibility index (Phi) is 5.68. The van der Waals surface area contributed by atoms with E-state index in [1.807, 2.05) is 0 Å². The maximum Gasteiger partial charge on any atom is 0.337 e. The first-order valence-electron chi connectivity index (χ1n) is 7.43. The molecule has 124 valence electrons. The van der Waals surface area contributed by atoms with Crippen LogP contribution < -0.4 is 10.6 Å². The van der Waals surface area contributed by atoms with Gasteiger partial charge in [0.1, 0.15) is 0 Å². The summed E-state index contributed by atoms with van der Waals surface area (Å²) in [6, 6.07) is 13.0. The van der Waals surface area contributed by atoms with Crippen LogP contribution in [0.2, 0.25) is 0 Å². The van der Waals surface area contributed by atoms with E-state index in [0.29, 0.717) is 28.9 Å². The van der Waals surface area contributed by atoms with Gasteiger partial charge in [-0.25, -0.2) is 4.79 Å². The molecule has 0 aliphatic rings. The Bertz CT molecular complexity index is 754. The Labute approximate surface area is 139 Å². The molecule has 2 aromatic carbocycles. The second-order valence-corrected chi connectivity index (χ2v) is 5.01. The Morgan fingerprint density at radius 2 is 1.62 bits per heavy atom. The average molecular weight is 326 g/mol. The zero-order chi connectivity index (χ0) is 17.5. The molecule has 0 radical (unpaired) electrons. The smallest absolute Gasteiger partial charge is 0.337 e. The van der Waals surface area contributed by atoms with E-state index in [4.69, 9.17) is 0 Å². The molecular weight excluding hydrogens is 308 g/mol. The van der Waals surface area contributed by atoms with E-state index in [9.17, 15) is 14.4 Å². The number of hydrogen-bond acceptors (Lipinski definition) is 4. The standard InChI is InChI=1S/C18H18N2O4/c1-3-16(21)19-15-6-4-5-13(11-15)17(22)20-14-9-7-12(8-10-14)18(23)24-2/h4-11H,3H2,1-2H3,(H,19,21)(H,20,22). The van der Waals surface area contributed by atoms with E-state index in [1.165, 1.54) is 7.11 Å². The summed E-state index contributed by atoms with van der Waals surface area (Å²) >= 11 is 0. The Morgan fingerprint density at radius 1 is 0.917 bits per heavy atom. The molecule has 0 saturated heterocycles. The highest BCUT2D eigenvalue weighted by molar-refractivity contribution is 6.05. The van der Waals surface area contributed by atoms with Gasteiger partial charge in [-0.1, -0.05) is 13.0 Å². The lowest BCUT2D eigenvalue weighted by atomic mass is 10.1. The van der Waals surface area contributed by atoms with Gasteiger partial charge in [-0.15, -0.1) is 0 Å². The van der Waals surface area contributed by atoms with Crippen LogP contribution in [0.3, 0.4) is 0 Å².